The van der Waals surface area contributed by atoms with Crippen LogP contribution in [-0.2, 0) is 4.74 Å². The monoisotopic (exact) mass is 545 g/mol. The van der Waals surface area contributed by atoms with Crippen LogP contribution in [0.3, 0.4) is 0 Å². The normalized spacial score (nSPS) is 12.4. The number of hydrogen-bond donors (Lipinski definition) is 0. The van der Waals surface area contributed by atoms with E-state index < -0.39 is 11.8 Å². The van der Waals surface area contributed by atoms with Crippen molar-refractivity contribution >= 4 is 39.6 Å². The molecule has 3 rings (SSSR count). The van der Waals surface area contributed by atoms with Crippen LogP contribution in [0.2, 0.25) is 0 Å². The number of rotatable bonds is 6. The smallest absolute Gasteiger partial charge is 0.493 e. The van der Waals surface area contributed by atoms with Gasteiger partial charge in [0.1, 0.15) is 5.60 Å². The minimum atomic E-state index is -0.793. The van der Waals surface area contributed by atoms with Crippen molar-refractivity contribution < 1.29 is 19.0 Å². The van der Waals surface area contributed by atoms with E-state index in [1.807, 2.05) is 48.2 Å². The maximum atomic E-state index is 12.0. The van der Waals surface area contributed by atoms with Gasteiger partial charge in [-0.1, -0.05) is 34.1 Å². The topological polar surface area (TPSA) is 74.4 Å². The summed E-state index contributed by atoms with van der Waals surface area (Å²) in [5, 5.41) is 6.76. The molecule has 9 heteroatoms. The first-order valence-electron chi connectivity index (χ1n) is 10.7. The van der Waals surface area contributed by atoms with Crippen LogP contribution in [0, 0.1) is 0 Å². The summed E-state index contributed by atoms with van der Waals surface area (Å²) in [5.41, 5.74) is 2.05. The Balaban J connectivity index is 1.95. The third-order valence-electron chi connectivity index (χ3n) is 4.30. The van der Waals surface area contributed by atoms with Gasteiger partial charge in [-0.15, -0.1) is 11.3 Å². The van der Waals surface area contributed by atoms with E-state index in [-0.39, 0.29) is 11.8 Å². The fourth-order valence-electron chi connectivity index (χ4n) is 2.91. The SMILES string of the molecule is COc1cc(C=Nn2c(-c3ccccc3Br)csc2=NC(C)C)ccc1OC(=O)OC(C)(C)C. The predicted molar refractivity (Wildman–Crippen MR) is 139 cm³/mol. The highest BCUT2D eigenvalue weighted by Gasteiger charge is 2.19. The van der Waals surface area contributed by atoms with E-state index in [0.717, 1.165) is 26.1 Å². The summed E-state index contributed by atoms with van der Waals surface area (Å²) in [7, 11) is 1.51. The fourth-order valence-corrected chi connectivity index (χ4v) is 4.36. The van der Waals surface area contributed by atoms with Crippen LogP contribution in [0.1, 0.15) is 40.2 Å². The van der Waals surface area contributed by atoms with Crippen LogP contribution in [0.15, 0.2) is 62.4 Å². The van der Waals surface area contributed by atoms with Crippen molar-refractivity contribution in [3.8, 4) is 22.8 Å². The molecule has 0 saturated heterocycles. The van der Waals surface area contributed by atoms with Crippen molar-refractivity contribution in [1.82, 2.24) is 4.68 Å². The van der Waals surface area contributed by atoms with Crippen LogP contribution < -0.4 is 14.3 Å². The molecule has 0 atom stereocenters. The maximum Gasteiger partial charge on any atom is 0.514 e. The number of carbonyl (C=O) groups excluding carboxylic acids is 1. The second kappa shape index (κ2) is 11.0. The molecule has 0 bridgehead atoms. The molecule has 180 valence electrons. The molecule has 1 aromatic heterocycles. The Bertz CT molecular complexity index is 1260. The number of nitrogens with zero attached hydrogens (tertiary/aromatic N) is 3. The quantitative estimate of drug-likeness (QED) is 0.201. The Hall–Kier alpha value is -2.91. The van der Waals surface area contributed by atoms with E-state index >= 15 is 0 Å². The number of methoxy groups -OCH3 is 1. The van der Waals surface area contributed by atoms with Crippen molar-refractivity contribution in [2.75, 3.05) is 7.11 Å². The number of hydrogen-bond acceptors (Lipinski definition) is 7. The van der Waals surface area contributed by atoms with Crippen molar-refractivity contribution in [2.45, 2.75) is 46.3 Å². The van der Waals surface area contributed by atoms with Gasteiger partial charge in [0.2, 0.25) is 4.80 Å². The second-order valence-corrected chi connectivity index (χ2v) is 10.3. The first kappa shape index (κ1) is 25.7. The average Bonchev–Trinajstić information content (AvgIpc) is 3.13. The van der Waals surface area contributed by atoms with E-state index in [2.05, 4.69) is 15.9 Å². The summed E-state index contributed by atoms with van der Waals surface area (Å²) in [6, 6.07) is 13.3. The molecule has 7 nitrogen and oxygen atoms in total. The van der Waals surface area contributed by atoms with Crippen molar-refractivity contribution in [3.05, 3.63) is 62.7 Å². The largest absolute Gasteiger partial charge is 0.514 e. The van der Waals surface area contributed by atoms with E-state index in [1.54, 1.807) is 45.2 Å². The second-order valence-electron chi connectivity index (χ2n) is 8.64. The van der Waals surface area contributed by atoms with Gasteiger partial charge in [0.25, 0.3) is 0 Å². The molecule has 34 heavy (non-hydrogen) atoms. The van der Waals surface area contributed by atoms with Gasteiger partial charge in [-0.25, -0.2) is 9.47 Å². The standard InChI is InChI=1S/C25H28BrN3O4S/c1-16(2)28-23-29(20(15-34-23)18-9-7-8-10-19(18)26)27-14-17-11-12-21(22(13-17)31-6)32-24(30)33-25(3,4)5/h7-16H,1-6H3. The van der Waals surface area contributed by atoms with Gasteiger partial charge in [-0.2, -0.15) is 5.10 Å². The molecular formula is C25H28BrN3O4S. The highest BCUT2D eigenvalue weighted by molar-refractivity contribution is 9.10. The molecule has 0 amide bonds. The zero-order valence-electron chi connectivity index (χ0n) is 20.0. The minimum absolute atomic E-state index is 0.122. The highest BCUT2D eigenvalue weighted by atomic mass is 79.9. The van der Waals surface area contributed by atoms with Gasteiger partial charge in [-0.05, 0) is 64.4 Å². The lowest BCUT2D eigenvalue weighted by Gasteiger charge is -2.19. The number of thiazole rings is 1. The Morgan fingerprint density at radius 3 is 2.53 bits per heavy atom. The molecule has 0 saturated carbocycles. The molecule has 0 unspecified atom stereocenters. The fraction of sp³-hybridized carbons (Fsp3) is 0.320. The van der Waals surface area contributed by atoms with Crippen LogP contribution in [0.25, 0.3) is 11.3 Å². The van der Waals surface area contributed by atoms with Crippen LogP contribution in [-0.4, -0.2) is 35.8 Å². The molecule has 1 heterocycles. The van der Waals surface area contributed by atoms with E-state index in [9.17, 15) is 4.79 Å². The number of benzene rings is 2. The molecule has 0 aliphatic carbocycles. The lowest BCUT2D eigenvalue weighted by Crippen LogP contribution is -2.26. The van der Waals surface area contributed by atoms with Gasteiger partial charge < -0.3 is 14.2 Å². The molecule has 0 aliphatic rings. The van der Waals surface area contributed by atoms with E-state index in [0.29, 0.717) is 5.75 Å². The summed E-state index contributed by atoms with van der Waals surface area (Å²) >= 11 is 5.16. The van der Waals surface area contributed by atoms with E-state index in [4.69, 9.17) is 24.3 Å². The Labute approximate surface area is 211 Å². The van der Waals surface area contributed by atoms with Crippen molar-refractivity contribution in [1.29, 1.82) is 0 Å². The minimum Gasteiger partial charge on any atom is -0.493 e. The number of ether oxygens (including phenoxy) is 3. The molecule has 0 spiro atoms. The van der Waals surface area contributed by atoms with Crippen LogP contribution >= 0.6 is 27.3 Å². The summed E-state index contributed by atoms with van der Waals surface area (Å²) in [5.74, 6) is 0.657. The van der Waals surface area contributed by atoms with Gasteiger partial charge >= 0.3 is 6.16 Å². The van der Waals surface area contributed by atoms with Gasteiger partial charge in [-0.3, -0.25) is 4.99 Å². The van der Waals surface area contributed by atoms with E-state index in [1.165, 1.54) is 18.4 Å². The number of aromatic nitrogens is 1. The Morgan fingerprint density at radius 1 is 1.15 bits per heavy atom. The first-order valence-corrected chi connectivity index (χ1v) is 12.4. The van der Waals surface area contributed by atoms with Gasteiger partial charge in [0, 0.05) is 21.5 Å². The summed E-state index contributed by atoms with van der Waals surface area (Å²) in [6.07, 6.45) is 0.922. The predicted octanol–water partition coefficient (Wildman–Crippen LogP) is 6.49. The third-order valence-corrected chi connectivity index (χ3v) is 5.82. The molecule has 0 N–H and O–H groups in total. The summed E-state index contributed by atoms with van der Waals surface area (Å²) in [4.78, 5) is 17.5. The van der Waals surface area contributed by atoms with Gasteiger partial charge in [0.05, 0.1) is 19.0 Å². The molecule has 0 fully saturated rings. The third kappa shape index (κ3) is 6.80. The zero-order valence-corrected chi connectivity index (χ0v) is 22.4. The highest BCUT2D eigenvalue weighted by Crippen LogP contribution is 2.30. The first-order chi connectivity index (χ1) is 16.1. The van der Waals surface area contributed by atoms with Crippen molar-refractivity contribution in [2.24, 2.45) is 10.1 Å². The summed E-state index contributed by atoms with van der Waals surface area (Å²) < 4.78 is 18.7. The van der Waals surface area contributed by atoms with Crippen LogP contribution in [0.5, 0.6) is 11.5 Å². The Morgan fingerprint density at radius 2 is 1.88 bits per heavy atom. The molecule has 3 aromatic rings. The lowest BCUT2D eigenvalue weighted by molar-refractivity contribution is 0.0201. The summed E-state index contributed by atoms with van der Waals surface area (Å²) in [6.45, 7) is 9.37. The number of carbonyl (C=O) groups is 1. The molecule has 0 aliphatic heterocycles. The Kier molecular flexibility index (Phi) is 8.33. The maximum absolute atomic E-state index is 12.0. The molecule has 0 radical (unpaired) electrons. The molecule has 2 aromatic carbocycles. The van der Waals surface area contributed by atoms with Crippen molar-refractivity contribution in [3.63, 3.8) is 0 Å². The van der Waals surface area contributed by atoms with Crippen LogP contribution in [0.4, 0.5) is 4.79 Å². The average molecular weight is 546 g/mol. The molecular weight excluding hydrogens is 518 g/mol. The zero-order chi connectivity index (χ0) is 24.9. The lowest BCUT2D eigenvalue weighted by atomic mass is 10.2. The number of halogens is 1. The van der Waals surface area contributed by atoms with Gasteiger partial charge in [0.15, 0.2) is 11.5 Å².